The highest BCUT2D eigenvalue weighted by Crippen LogP contribution is 2.43. The van der Waals surface area contributed by atoms with Crippen molar-refractivity contribution in [3.8, 4) is 39.3 Å². The van der Waals surface area contributed by atoms with Gasteiger partial charge in [0.1, 0.15) is 0 Å². The number of fused-ring (bicyclic) bond motifs is 15. The van der Waals surface area contributed by atoms with E-state index in [1.54, 1.807) is 0 Å². The molecule has 0 aliphatic rings. The van der Waals surface area contributed by atoms with Crippen LogP contribution in [0.15, 0.2) is 237 Å². The van der Waals surface area contributed by atoms with E-state index in [0.29, 0.717) is 0 Å². The van der Waals surface area contributed by atoms with Crippen molar-refractivity contribution >= 4 is 128 Å². The summed E-state index contributed by atoms with van der Waals surface area (Å²) in [5.74, 6) is 0. The zero-order valence-corrected chi connectivity index (χ0v) is 39.8. The molecule has 3 nitrogen and oxygen atoms in total. The molecular formula is C66H39N3S2. The van der Waals surface area contributed by atoms with Gasteiger partial charge in [-0.1, -0.05) is 127 Å². The van der Waals surface area contributed by atoms with Gasteiger partial charge in [-0.3, -0.25) is 0 Å². The first-order chi connectivity index (χ1) is 35.2. The quantitative estimate of drug-likeness (QED) is 0.163. The zero-order valence-electron chi connectivity index (χ0n) is 38.2. The first-order valence-corrected chi connectivity index (χ1v) is 25.9. The van der Waals surface area contributed by atoms with Gasteiger partial charge in [0.2, 0.25) is 0 Å². The van der Waals surface area contributed by atoms with E-state index in [2.05, 4.69) is 250 Å². The Balaban J connectivity index is 0.844. The smallest absolute Gasteiger partial charge is 0.0541 e. The molecule has 71 heavy (non-hydrogen) atoms. The summed E-state index contributed by atoms with van der Waals surface area (Å²) in [6, 6.07) is 88.1. The maximum absolute atomic E-state index is 2.44. The normalized spacial score (nSPS) is 12.2. The van der Waals surface area contributed by atoms with Crippen LogP contribution in [0.3, 0.4) is 0 Å². The molecule has 5 heterocycles. The molecule has 0 N–H and O–H groups in total. The molecule has 0 saturated carbocycles. The van der Waals surface area contributed by atoms with Gasteiger partial charge < -0.3 is 13.7 Å². The molecule has 0 unspecified atom stereocenters. The van der Waals surface area contributed by atoms with Crippen LogP contribution in [0.2, 0.25) is 0 Å². The van der Waals surface area contributed by atoms with Crippen molar-refractivity contribution in [3.05, 3.63) is 237 Å². The van der Waals surface area contributed by atoms with Gasteiger partial charge in [-0.05, 0) is 131 Å². The van der Waals surface area contributed by atoms with Gasteiger partial charge in [0.25, 0.3) is 0 Å². The monoisotopic (exact) mass is 937 g/mol. The zero-order chi connectivity index (χ0) is 46.3. The Hall–Kier alpha value is -8.74. The second kappa shape index (κ2) is 14.9. The third-order valence-electron chi connectivity index (χ3n) is 15.0. The molecule has 16 rings (SSSR count). The standard InChI is InChI=1S/C66H39N3S2/c1-2-12-44(13-3-1)67-61-32-24-42(40-22-30-59-53(34-40)47-14-4-8-18-57(47)68(59)45-26-28-51-49-16-6-10-20-63(49)70-65(51)38-45)36-55(61)56-37-43(25-33-62(56)67)41-23-31-60-54(35-41)48-15-5-9-19-58(48)69(60)46-27-29-52-50-17-7-11-21-64(50)71-66(52)39-46/h1-39H. The Kier molecular flexibility index (Phi) is 8.20. The minimum Gasteiger partial charge on any atom is -0.309 e. The van der Waals surface area contributed by atoms with Crippen LogP contribution in [-0.4, -0.2) is 13.7 Å². The fraction of sp³-hybridized carbons (Fsp3) is 0. The molecule has 0 radical (unpaired) electrons. The summed E-state index contributed by atoms with van der Waals surface area (Å²) < 4.78 is 12.6. The number of hydrogen-bond acceptors (Lipinski definition) is 2. The average molecular weight is 938 g/mol. The molecule has 0 aliphatic heterocycles. The van der Waals surface area contributed by atoms with Crippen molar-refractivity contribution in [3.63, 3.8) is 0 Å². The largest absolute Gasteiger partial charge is 0.309 e. The molecule has 0 aliphatic carbocycles. The predicted octanol–water partition coefficient (Wildman–Crippen LogP) is 19.0. The molecule has 5 heteroatoms. The molecule has 0 amide bonds. The molecular weight excluding hydrogens is 899 g/mol. The lowest BCUT2D eigenvalue weighted by Crippen LogP contribution is -1.93. The fourth-order valence-corrected chi connectivity index (χ4v) is 14.1. The van der Waals surface area contributed by atoms with Crippen molar-refractivity contribution < 1.29 is 0 Å². The molecule has 11 aromatic carbocycles. The summed E-state index contributed by atoms with van der Waals surface area (Å²) in [4.78, 5) is 0. The lowest BCUT2D eigenvalue weighted by atomic mass is 9.98. The molecule has 0 atom stereocenters. The highest BCUT2D eigenvalue weighted by molar-refractivity contribution is 7.26. The molecule has 5 aromatic heterocycles. The summed E-state index contributed by atoms with van der Waals surface area (Å²) in [5, 5.41) is 12.8. The highest BCUT2D eigenvalue weighted by atomic mass is 32.1. The Labute approximate surface area is 415 Å². The van der Waals surface area contributed by atoms with E-state index in [0.717, 1.165) is 5.69 Å². The summed E-state index contributed by atoms with van der Waals surface area (Å²) in [5.41, 5.74) is 15.5. The number of rotatable bonds is 5. The SMILES string of the molecule is c1ccc(-n2c3ccc(-c4ccc5c(c4)c4ccccc4n5-c4ccc5c(c4)sc4ccccc45)cc3c3cc(-c4ccc5c(c4)c4ccccc4n5-c4ccc5c(c4)sc4ccccc45)ccc32)cc1. The van der Waals surface area contributed by atoms with Gasteiger partial charge in [-0.2, -0.15) is 0 Å². The van der Waals surface area contributed by atoms with Crippen LogP contribution in [0, 0.1) is 0 Å². The lowest BCUT2D eigenvalue weighted by molar-refractivity contribution is 1.18. The Morgan fingerprint density at radius 3 is 0.958 bits per heavy atom. The lowest BCUT2D eigenvalue weighted by Gasteiger charge is -2.10. The van der Waals surface area contributed by atoms with E-state index in [1.807, 2.05) is 22.7 Å². The van der Waals surface area contributed by atoms with Gasteiger partial charge in [0.05, 0.1) is 33.1 Å². The molecule has 0 spiro atoms. The van der Waals surface area contributed by atoms with Crippen LogP contribution in [0.1, 0.15) is 0 Å². The predicted molar refractivity (Wildman–Crippen MR) is 306 cm³/mol. The van der Waals surface area contributed by atoms with Crippen LogP contribution in [-0.2, 0) is 0 Å². The Morgan fingerprint density at radius 2 is 0.521 bits per heavy atom. The van der Waals surface area contributed by atoms with E-state index < -0.39 is 0 Å². The Morgan fingerprint density at radius 1 is 0.197 bits per heavy atom. The van der Waals surface area contributed by atoms with E-state index in [9.17, 15) is 0 Å². The average Bonchev–Trinajstić information content (AvgIpc) is 4.24. The number of para-hydroxylation sites is 3. The minimum atomic E-state index is 1.15. The van der Waals surface area contributed by atoms with Crippen molar-refractivity contribution in [2.24, 2.45) is 0 Å². The summed E-state index contributed by atoms with van der Waals surface area (Å²) in [6.07, 6.45) is 0. The molecule has 16 aromatic rings. The third kappa shape index (κ3) is 5.76. The maximum Gasteiger partial charge on any atom is 0.0541 e. The molecule has 0 saturated heterocycles. The van der Waals surface area contributed by atoms with Gasteiger partial charge in [-0.15, -0.1) is 22.7 Å². The van der Waals surface area contributed by atoms with E-state index in [1.165, 1.54) is 139 Å². The number of hydrogen-bond donors (Lipinski definition) is 0. The van der Waals surface area contributed by atoms with Crippen LogP contribution in [0.25, 0.3) is 145 Å². The summed E-state index contributed by atoms with van der Waals surface area (Å²) >= 11 is 3.74. The van der Waals surface area contributed by atoms with Crippen molar-refractivity contribution in [1.29, 1.82) is 0 Å². The van der Waals surface area contributed by atoms with E-state index >= 15 is 0 Å². The Bertz CT molecular complexity index is 4590. The molecule has 330 valence electrons. The van der Waals surface area contributed by atoms with Crippen molar-refractivity contribution in [2.45, 2.75) is 0 Å². The number of benzene rings is 11. The first-order valence-electron chi connectivity index (χ1n) is 24.2. The fourth-order valence-electron chi connectivity index (χ4n) is 11.8. The second-order valence-electron chi connectivity index (χ2n) is 18.9. The van der Waals surface area contributed by atoms with Crippen LogP contribution < -0.4 is 0 Å². The number of nitrogens with zero attached hydrogens (tertiary/aromatic N) is 3. The third-order valence-corrected chi connectivity index (χ3v) is 17.3. The second-order valence-corrected chi connectivity index (χ2v) is 21.0. The van der Waals surface area contributed by atoms with Gasteiger partial charge in [0.15, 0.2) is 0 Å². The van der Waals surface area contributed by atoms with Gasteiger partial charge >= 0.3 is 0 Å². The number of thiophene rings is 2. The van der Waals surface area contributed by atoms with E-state index in [4.69, 9.17) is 0 Å². The topological polar surface area (TPSA) is 14.8 Å². The maximum atomic E-state index is 2.44. The summed E-state index contributed by atoms with van der Waals surface area (Å²) in [6.45, 7) is 0. The van der Waals surface area contributed by atoms with Crippen molar-refractivity contribution in [2.75, 3.05) is 0 Å². The summed E-state index contributed by atoms with van der Waals surface area (Å²) in [7, 11) is 0. The first kappa shape index (κ1) is 39.1. The van der Waals surface area contributed by atoms with Crippen LogP contribution >= 0.6 is 22.7 Å². The number of aromatic nitrogens is 3. The highest BCUT2D eigenvalue weighted by Gasteiger charge is 2.20. The van der Waals surface area contributed by atoms with Crippen LogP contribution in [0.5, 0.6) is 0 Å². The van der Waals surface area contributed by atoms with Crippen molar-refractivity contribution in [1.82, 2.24) is 13.7 Å². The van der Waals surface area contributed by atoms with Gasteiger partial charge in [0, 0.05) is 89.7 Å². The molecule has 0 bridgehead atoms. The van der Waals surface area contributed by atoms with Gasteiger partial charge in [-0.25, -0.2) is 0 Å². The molecule has 0 fully saturated rings. The minimum absolute atomic E-state index is 1.15. The van der Waals surface area contributed by atoms with E-state index in [-0.39, 0.29) is 0 Å². The van der Waals surface area contributed by atoms with Crippen LogP contribution in [0.4, 0.5) is 0 Å².